The number of benzene rings is 1. The molecule has 0 aliphatic carbocycles. The zero-order chi connectivity index (χ0) is 19.8. The molecule has 3 rings (SSSR count). The van der Waals surface area contributed by atoms with Gasteiger partial charge >= 0.3 is 0 Å². The van der Waals surface area contributed by atoms with E-state index in [1.165, 1.54) is 0 Å². The maximum Gasteiger partial charge on any atom is 0.251 e. The Morgan fingerprint density at radius 1 is 1.29 bits per heavy atom. The number of nitrogens with one attached hydrogen (secondary N) is 1. The molecule has 1 atom stereocenters. The number of hydrogen-bond acceptors (Lipinski definition) is 6. The van der Waals surface area contributed by atoms with Gasteiger partial charge < -0.3 is 24.1 Å². The second kappa shape index (κ2) is 10.2. The van der Waals surface area contributed by atoms with Crippen molar-refractivity contribution in [2.24, 2.45) is 0 Å². The van der Waals surface area contributed by atoms with E-state index < -0.39 is 0 Å². The minimum atomic E-state index is -0.101. The standard InChI is InChI=1S/C21H28N2O5/c1-15-20(16(2)28-23-15)14-27-18-8-6-17(7-9-18)21(24)22-10-4-11-25-13-19-5-3-12-26-19/h6-9,19H,3-5,10-14H2,1-2H3,(H,22,24). The average molecular weight is 388 g/mol. The van der Waals surface area contributed by atoms with Gasteiger partial charge in [-0.2, -0.15) is 0 Å². The van der Waals surface area contributed by atoms with E-state index >= 15 is 0 Å². The van der Waals surface area contributed by atoms with Crippen molar-refractivity contribution in [1.82, 2.24) is 10.5 Å². The van der Waals surface area contributed by atoms with Gasteiger partial charge in [0, 0.05) is 25.3 Å². The molecule has 0 radical (unpaired) electrons. The van der Waals surface area contributed by atoms with Gasteiger partial charge in [0.1, 0.15) is 18.1 Å². The lowest BCUT2D eigenvalue weighted by Gasteiger charge is -2.10. The van der Waals surface area contributed by atoms with E-state index in [9.17, 15) is 4.79 Å². The second-order valence-corrected chi connectivity index (χ2v) is 6.94. The SMILES string of the molecule is Cc1noc(C)c1COc1ccc(C(=O)NCCCOCC2CCCO2)cc1. The molecule has 7 heteroatoms. The maximum atomic E-state index is 12.2. The molecule has 7 nitrogen and oxygen atoms in total. The van der Waals surface area contributed by atoms with Gasteiger partial charge in [-0.1, -0.05) is 5.16 Å². The van der Waals surface area contributed by atoms with E-state index in [-0.39, 0.29) is 12.0 Å². The van der Waals surface area contributed by atoms with Crippen molar-refractivity contribution >= 4 is 5.91 Å². The molecule has 2 heterocycles. The average Bonchev–Trinajstić information content (AvgIpc) is 3.33. The first-order chi connectivity index (χ1) is 13.6. The summed E-state index contributed by atoms with van der Waals surface area (Å²) in [5.41, 5.74) is 2.38. The number of aromatic nitrogens is 1. The number of ether oxygens (including phenoxy) is 3. The Labute approximate surface area is 165 Å². The molecule has 1 saturated heterocycles. The number of amides is 1. The van der Waals surface area contributed by atoms with Crippen LogP contribution >= 0.6 is 0 Å². The van der Waals surface area contributed by atoms with E-state index in [1.54, 1.807) is 24.3 Å². The molecule has 1 aliphatic heterocycles. The highest BCUT2D eigenvalue weighted by molar-refractivity contribution is 5.94. The molecule has 1 fully saturated rings. The van der Waals surface area contributed by atoms with Crippen molar-refractivity contribution in [1.29, 1.82) is 0 Å². The van der Waals surface area contributed by atoms with Crippen molar-refractivity contribution in [3.05, 3.63) is 46.8 Å². The Morgan fingerprint density at radius 3 is 2.79 bits per heavy atom. The van der Waals surface area contributed by atoms with E-state index in [1.807, 2.05) is 13.8 Å². The van der Waals surface area contributed by atoms with E-state index in [0.717, 1.165) is 42.9 Å². The topological polar surface area (TPSA) is 82.8 Å². The summed E-state index contributed by atoms with van der Waals surface area (Å²) >= 11 is 0. The summed E-state index contributed by atoms with van der Waals surface area (Å²) in [6, 6.07) is 7.09. The van der Waals surface area contributed by atoms with Gasteiger partial charge in [-0.05, 0) is 57.4 Å². The van der Waals surface area contributed by atoms with Crippen LogP contribution in [-0.4, -0.2) is 43.5 Å². The van der Waals surface area contributed by atoms with Gasteiger partial charge in [-0.25, -0.2) is 0 Å². The van der Waals surface area contributed by atoms with Gasteiger partial charge in [0.05, 0.1) is 24.0 Å². The first-order valence-electron chi connectivity index (χ1n) is 9.75. The Hall–Kier alpha value is -2.38. The molecule has 1 aromatic heterocycles. The predicted molar refractivity (Wildman–Crippen MR) is 103 cm³/mol. The lowest BCUT2D eigenvalue weighted by atomic mass is 10.2. The molecular weight excluding hydrogens is 360 g/mol. The molecule has 1 unspecified atom stereocenters. The molecule has 1 amide bonds. The fourth-order valence-corrected chi connectivity index (χ4v) is 3.03. The fourth-order valence-electron chi connectivity index (χ4n) is 3.03. The zero-order valence-corrected chi connectivity index (χ0v) is 16.5. The van der Waals surface area contributed by atoms with Crippen molar-refractivity contribution in [2.45, 2.75) is 45.8 Å². The van der Waals surface area contributed by atoms with Crippen molar-refractivity contribution in [3.63, 3.8) is 0 Å². The highest BCUT2D eigenvalue weighted by atomic mass is 16.5. The zero-order valence-electron chi connectivity index (χ0n) is 16.5. The normalized spacial score (nSPS) is 16.3. The van der Waals surface area contributed by atoms with Crippen LogP contribution in [-0.2, 0) is 16.1 Å². The van der Waals surface area contributed by atoms with Crippen molar-refractivity contribution in [3.8, 4) is 5.75 Å². The molecule has 2 aromatic rings. The smallest absolute Gasteiger partial charge is 0.251 e. The number of nitrogens with zero attached hydrogens (tertiary/aromatic N) is 1. The summed E-state index contributed by atoms with van der Waals surface area (Å²) in [6.45, 7) is 6.81. The number of carbonyl (C=O) groups is 1. The predicted octanol–water partition coefficient (Wildman–Crippen LogP) is 3.19. The molecule has 152 valence electrons. The molecule has 1 aromatic carbocycles. The first kappa shape index (κ1) is 20.4. The van der Waals surface area contributed by atoms with Crippen molar-refractivity contribution in [2.75, 3.05) is 26.4 Å². The quantitative estimate of drug-likeness (QED) is 0.630. The molecule has 0 bridgehead atoms. The van der Waals surface area contributed by atoms with Gasteiger partial charge in [0.15, 0.2) is 0 Å². The van der Waals surface area contributed by atoms with Crippen LogP contribution < -0.4 is 10.1 Å². The Morgan fingerprint density at radius 2 is 2.11 bits per heavy atom. The largest absolute Gasteiger partial charge is 0.489 e. The number of hydrogen-bond donors (Lipinski definition) is 1. The van der Waals surface area contributed by atoms with E-state index in [0.29, 0.717) is 37.7 Å². The summed E-state index contributed by atoms with van der Waals surface area (Å²) < 4.78 is 22.0. The van der Waals surface area contributed by atoms with Crippen LogP contribution in [0.3, 0.4) is 0 Å². The molecule has 0 spiro atoms. The third kappa shape index (κ3) is 5.81. The molecule has 1 N–H and O–H groups in total. The maximum absolute atomic E-state index is 12.2. The number of rotatable bonds is 10. The highest BCUT2D eigenvalue weighted by Gasteiger charge is 2.15. The van der Waals surface area contributed by atoms with Crippen LogP contribution in [0.5, 0.6) is 5.75 Å². The van der Waals surface area contributed by atoms with Gasteiger partial charge in [0.25, 0.3) is 5.91 Å². The molecule has 28 heavy (non-hydrogen) atoms. The van der Waals surface area contributed by atoms with Crippen LogP contribution in [0, 0.1) is 13.8 Å². The van der Waals surface area contributed by atoms with Crippen LogP contribution in [0.4, 0.5) is 0 Å². The first-order valence-corrected chi connectivity index (χ1v) is 9.75. The minimum Gasteiger partial charge on any atom is -0.489 e. The summed E-state index contributed by atoms with van der Waals surface area (Å²) in [6.07, 6.45) is 3.22. The van der Waals surface area contributed by atoms with E-state index in [2.05, 4.69) is 10.5 Å². The van der Waals surface area contributed by atoms with Crippen LogP contribution in [0.25, 0.3) is 0 Å². The lowest BCUT2D eigenvalue weighted by molar-refractivity contribution is 0.0166. The third-order valence-electron chi connectivity index (χ3n) is 4.76. The highest BCUT2D eigenvalue weighted by Crippen LogP contribution is 2.18. The Balaban J connectivity index is 1.34. The van der Waals surface area contributed by atoms with Crippen LogP contribution in [0.2, 0.25) is 0 Å². The van der Waals surface area contributed by atoms with Gasteiger partial charge in [0.2, 0.25) is 0 Å². The Bertz CT molecular complexity index is 731. The van der Waals surface area contributed by atoms with Gasteiger partial charge in [-0.3, -0.25) is 4.79 Å². The number of aryl methyl sites for hydroxylation is 2. The summed E-state index contributed by atoms with van der Waals surface area (Å²) in [4.78, 5) is 12.2. The second-order valence-electron chi connectivity index (χ2n) is 6.94. The fraction of sp³-hybridized carbons (Fsp3) is 0.524. The Kier molecular flexibility index (Phi) is 7.45. The van der Waals surface area contributed by atoms with Crippen LogP contribution in [0.15, 0.2) is 28.8 Å². The molecule has 1 aliphatic rings. The van der Waals surface area contributed by atoms with E-state index in [4.69, 9.17) is 18.7 Å². The number of carbonyl (C=O) groups excluding carboxylic acids is 1. The summed E-state index contributed by atoms with van der Waals surface area (Å²) in [7, 11) is 0. The monoisotopic (exact) mass is 388 g/mol. The summed E-state index contributed by atoms with van der Waals surface area (Å²) in [5, 5.41) is 6.81. The molecular formula is C21H28N2O5. The summed E-state index contributed by atoms with van der Waals surface area (Å²) in [5.74, 6) is 1.35. The van der Waals surface area contributed by atoms with Gasteiger partial charge in [-0.15, -0.1) is 0 Å². The lowest BCUT2D eigenvalue weighted by Crippen LogP contribution is -2.25. The third-order valence-corrected chi connectivity index (χ3v) is 4.76. The van der Waals surface area contributed by atoms with Crippen LogP contribution in [0.1, 0.15) is 46.6 Å². The minimum absolute atomic E-state index is 0.101. The van der Waals surface area contributed by atoms with Crippen molar-refractivity contribution < 1.29 is 23.5 Å². The molecule has 0 saturated carbocycles.